The zero-order valence-electron chi connectivity index (χ0n) is 14.8. The molecule has 2 N–H and O–H groups in total. The highest BCUT2D eigenvalue weighted by Crippen LogP contribution is 2.31. The molecule has 0 saturated carbocycles. The summed E-state index contributed by atoms with van der Waals surface area (Å²) in [6.45, 7) is 6.16. The molecular formula is C18H22N4O2S2. The Balaban J connectivity index is 1.56. The van der Waals surface area contributed by atoms with Crippen molar-refractivity contribution in [3.8, 4) is 0 Å². The number of nitrogens with zero attached hydrogens (tertiary/aromatic N) is 2. The van der Waals surface area contributed by atoms with Crippen LogP contribution in [0.25, 0.3) is 10.9 Å². The minimum absolute atomic E-state index is 0.0915. The minimum Gasteiger partial charge on any atom is -0.382 e. The van der Waals surface area contributed by atoms with Gasteiger partial charge in [-0.2, -0.15) is 0 Å². The number of carbonyl (C=O) groups is 1. The van der Waals surface area contributed by atoms with E-state index in [0.717, 1.165) is 52.1 Å². The summed E-state index contributed by atoms with van der Waals surface area (Å²) in [5.74, 6) is 0.0915. The smallest absolute Gasteiger partial charge is 0.206 e. The van der Waals surface area contributed by atoms with E-state index >= 15 is 0 Å². The number of rotatable bonds is 10. The van der Waals surface area contributed by atoms with Crippen molar-refractivity contribution < 1.29 is 9.53 Å². The molecule has 138 valence electrons. The van der Waals surface area contributed by atoms with Gasteiger partial charge in [-0.3, -0.25) is 4.79 Å². The number of thioether (sulfide) groups is 1. The van der Waals surface area contributed by atoms with E-state index in [0.29, 0.717) is 0 Å². The number of Topliss-reactive ketones (excluding diaryl/α,β-unsaturated/α-hetero) is 1. The van der Waals surface area contributed by atoms with Gasteiger partial charge < -0.3 is 15.0 Å². The van der Waals surface area contributed by atoms with Crippen LogP contribution in [-0.4, -0.2) is 46.0 Å². The second-order valence-corrected chi connectivity index (χ2v) is 8.29. The van der Waals surface area contributed by atoms with Gasteiger partial charge in [0.05, 0.1) is 5.25 Å². The van der Waals surface area contributed by atoms with Gasteiger partial charge in [-0.15, -0.1) is 10.2 Å². The molecule has 2 aromatic heterocycles. The maximum absolute atomic E-state index is 12.8. The minimum atomic E-state index is -0.229. The lowest BCUT2D eigenvalue weighted by atomic mass is 10.1. The summed E-state index contributed by atoms with van der Waals surface area (Å²) in [4.78, 5) is 15.9. The van der Waals surface area contributed by atoms with E-state index in [4.69, 9.17) is 4.74 Å². The fourth-order valence-corrected chi connectivity index (χ4v) is 4.53. The van der Waals surface area contributed by atoms with Gasteiger partial charge in [-0.05, 0) is 26.3 Å². The first-order valence-electron chi connectivity index (χ1n) is 8.61. The molecule has 0 aliphatic rings. The summed E-state index contributed by atoms with van der Waals surface area (Å²) >= 11 is 2.92. The summed E-state index contributed by atoms with van der Waals surface area (Å²) in [6, 6.07) is 7.83. The normalized spacial score (nSPS) is 12.4. The van der Waals surface area contributed by atoms with E-state index in [9.17, 15) is 4.79 Å². The van der Waals surface area contributed by atoms with Gasteiger partial charge in [0.15, 0.2) is 10.1 Å². The van der Waals surface area contributed by atoms with E-state index < -0.39 is 0 Å². The van der Waals surface area contributed by atoms with E-state index in [-0.39, 0.29) is 11.0 Å². The Morgan fingerprint density at radius 2 is 2.23 bits per heavy atom. The second-order valence-electron chi connectivity index (χ2n) is 5.72. The monoisotopic (exact) mass is 390 g/mol. The van der Waals surface area contributed by atoms with Gasteiger partial charge in [0.25, 0.3) is 0 Å². The first-order valence-corrected chi connectivity index (χ1v) is 10.3. The lowest BCUT2D eigenvalue weighted by molar-refractivity contribution is 0.0995. The molecule has 0 aliphatic carbocycles. The van der Waals surface area contributed by atoms with Crippen molar-refractivity contribution in [2.75, 3.05) is 25.1 Å². The van der Waals surface area contributed by atoms with Gasteiger partial charge in [-0.1, -0.05) is 41.3 Å². The Labute approximate surface area is 160 Å². The van der Waals surface area contributed by atoms with E-state index in [2.05, 4.69) is 20.5 Å². The highest BCUT2D eigenvalue weighted by atomic mass is 32.2. The predicted octanol–water partition coefficient (Wildman–Crippen LogP) is 4.22. The van der Waals surface area contributed by atoms with Crippen molar-refractivity contribution in [1.29, 1.82) is 0 Å². The third-order valence-corrected chi connectivity index (χ3v) is 5.92. The van der Waals surface area contributed by atoms with Crippen molar-refractivity contribution in [3.63, 3.8) is 0 Å². The Kier molecular flexibility index (Phi) is 6.65. The van der Waals surface area contributed by atoms with E-state index in [1.54, 1.807) is 6.20 Å². The van der Waals surface area contributed by atoms with Crippen molar-refractivity contribution in [3.05, 3.63) is 36.0 Å². The number of para-hydroxylation sites is 1. The fraction of sp³-hybridized carbons (Fsp3) is 0.389. The summed E-state index contributed by atoms with van der Waals surface area (Å²) < 4.78 is 6.09. The lowest BCUT2D eigenvalue weighted by Gasteiger charge is -2.06. The Morgan fingerprint density at radius 3 is 3.08 bits per heavy atom. The van der Waals surface area contributed by atoms with Crippen LogP contribution in [0.3, 0.4) is 0 Å². The summed E-state index contributed by atoms with van der Waals surface area (Å²) in [6.07, 6.45) is 2.71. The highest BCUT2D eigenvalue weighted by Gasteiger charge is 2.21. The second kappa shape index (κ2) is 9.16. The standard InChI is InChI=1S/C18H22N4O2S2/c1-3-24-10-6-9-19-17-21-22-18(26-17)25-12(2)16(23)14-11-20-15-8-5-4-7-13(14)15/h4-5,7-8,11-12,20H,3,6,9-10H2,1-2H3,(H,19,21)/t12-/m1/s1. The zero-order valence-corrected chi connectivity index (χ0v) is 16.5. The van der Waals surface area contributed by atoms with Crippen LogP contribution in [-0.2, 0) is 4.74 Å². The molecule has 3 aromatic rings. The van der Waals surface area contributed by atoms with Gasteiger partial charge >= 0.3 is 0 Å². The number of aromatic nitrogens is 3. The molecule has 0 fully saturated rings. The number of hydrogen-bond donors (Lipinski definition) is 2. The van der Waals surface area contributed by atoms with E-state index in [1.807, 2.05) is 38.1 Å². The van der Waals surface area contributed by atoms with Crippen LogP contribution in [0.2, 0.25) is 0 Å². The molecule has 0 radical (unpaired) electrons. The molecule has 26 heavy (non-hydrogen) atoms. The van der Waals surface area contributed by atoms with Crippen LogP contribution in [0.5, 0.6) is 0 Å². The third-order valence-electron chi connectivity index (χ3n) is 3.85. The molecule has 0 aliphatic heterocycles. The largest absolute Gasteiger partial charge is 0.382 e. The number of carbonyl (C=O) groups excluding carboxylic acids is 1. The van der Waals surface area contributed by atoms with Crippen LogP contribution < -0.4 is 5.32 Å². The molecule has 1 atom stereocenters. The number of H-pyrrole nitrogens is 1. The number of aromatic amines is 1. The van der Waals surface area contributed by atoms with Crippen LogP contribution in [0.15, 0.2) is 34.8 Å². The number of ketones is 1. The van der Waals surface area contributed by atoms with Crippen LogP contribution >= 0.6 is 23.1 Å². The Bertz CT molecular complexity index is 862. The molecule has 0 bridgehead atoms. The first-order chi connectivity index (χ1) is 12.7. The SMILES string of the molecule is CCOCCCNc1nnc(S[C@H](C)C(=O)c2c[nH]c3ccccc23)s1. The fourth-order valence-electron chi connectivity index (χ4n) is 2.54. The molecule has 2 heterocycles. The summed E-state index contributed by atoms with van der Waals surface area (Å²) in [7, 11) is 0. The number of fused-ring (bicyclic) bond motifs is 1. The lowest BCUT2D eigenvalue weighted by Crippen LogP contribution is -2.12. The Hall–Kier alpha value is -1.90. The van der Waals surface area contributed by atoms with E-state index in [1.165, 1.54) is 23.1 Å². The van der Waals surface area contributed by atoms with Crippen LogP contribution in [0, 0.1) is 0 Å². The van der Waals surface area contributed by atoms with Crippen molar-refractivity contribution in [1.82, 2.24) is 15.2 Å². The molecule has 3 rings (SSSR count). The van der Waals surface area contributed by atoms with Crippen molar-refractivity contribution >= 4 is 44.9 Å². The van der Waals surface area contributed by atoms with Gasteiger partial charge in [0, 0.05) is 42.4 Å². The quantitative estimate of drug-likeness (QED) is 0.306. The zero-order chi connectivity index (χ0) is 18.4. The number of nitrogens with one attached hydrogen (secondary N) is 2. The number of benzene rings is 1. The summed E-state index contributed by atoms with van der Waals surface area (Å²) in [5, 5.41) is 13.1. The molecular weight excluding hydrogens is 368 g/mol. The third kappa shape index (κ3) is 4.63. The average molecular weight is 391 g/mol. The molecule has 0 unspecified atom stereocenters. The van der Waals surface area contributed by atoms with Gasteiger partial charge in [-0.25, -0.2) is 0 Å². The first kappa shape index (κ1) is 18.9. The maximum Gasteiger partial charge on any atom is 0.206 e. The highest BCUT2D eigenvalue weighted by molar-refractivity contribution is 8.02. The van der Waals surface area contributed by atoms with Gasteiger partial charge in [0.1, 0.15) is 0 Å². The molecule has 0 amide bonds. The van der Waals surface area contributed by atoms with Crippen molar-refractivity contribution in [2.24, 2.45) is 0 Å². The number of ether oxygens (including phenoxy) is 1. The van der Waals surface area contributed by atoms with Gasteiger partial charge in [0.2, 0.25) is 5.13 Å². The molecule has 8 heteroatoms. The number of hydrogen-bond acceptors (Lipinski definition) is 7. The average Bonchev–Trinajstić information content (AvgIpc) is 3.27. The number of anilines is 1. The Morgan fingerprint density at radius 1 is 1.38 bits per heavy atom. The van der Waals surface area contributed by atoms with Crippen LogP contribution in [0.1, 0.15) is 30.6 Å². The molecule has 6 nitrogen and oxygen atoms in total. The predicted molar refractivity (Wildman–Crippen MR) is 107 cm³/mol. The molecule has 1 aromatic carbocycles. The summed E-state index contributed by atoms with van der Waals surface area (Å²) in [5.41, 5.74) is 1.70. The topological polar surface area (TPSA) is 79.9 Å². The maximum atomic E-state index is 12.8. The van der Waals surface area contributed by atoms with Crippen LogP contribution in [0.4, 0.5) is 5.13 Å². The molecule has 0 saturated heterocycles. The van der Waals surface area contributed by atoms with Crippen molar-refractivity contribution in [2.45, 2.75) is 29.9 Å². The molecule has 0 spiro atoms.